The molecular weight excluding hydrogens is 234 g/mol. The van der Waals surface area contributed by atoms with Gasteiger partial charge in [0.15, 0.2) is 0 Å². The fraction of sp³-hybridized carbons (Fsp3) is 0.167. The predicted molar refractivity (Wildman–Crippen MR) is 52.3 cm³/mol. The Hall–Kier alpha value is -0.650. The molecule has 0 aliphatic heterocycles. The van der Waals surface area contributed by atoms with Gasteiger partial charge in [-0.2, -0.15) is 0 Å². The molecule has 0 aromatic heterocycles. The van der Waals surface area contributed by atoms with E-state index in [4.69, 9.17) is 30.8 Å². The van der Waals surface area contributed by atoms with E-state index in [2.05, 4.69) is 17.9 Å². The molecule has 0 aromatic carbocycles. The molecule has 0 fully saturated rings. The summed E-state index contributed by atoms with van der Waals surface area (Å²) in [5.74, 6) is -0.329. The monoisotopic (exact) mass is 246 g/mol. The number of ether oxygens (including phenoxy) is 1. The van der Waals surface area contributed by atoms with Crippen LogP contribution in [0.1, 0.15) is 6.92 Å². The highest BCUT2D eigenvalue weighted by Crippen LogP contribution is 2.25. The molecule has 0 spiro atoms. The lowest BCUT2D eigenvalue weighted by Gasteiger charge is -1.83. The van der Waals surface area contributed by atoms with Crippen molar-refractivity contribution in [3.8, 4) is 0 Å². The summed E-state index contributed by atoms with van der Waals surface area (Å²) in [6.07, 6.45) is 1.10. The van der Waals surface area contributed by atoms with Crippen molar-refractivity contribution in [3.05, 3.63) is 25.0 Å². The zero-order valence-electron chi connectivity index (χ0n) is 7.46. The predicted octanol–water partition coefficient (Wildman–Crippen LogP) is 1.13. The van der Waals surface area contributed by atoms with Crippen LogP contribution in [0.15, 0.2) is 25.0 Å². The molecule has 0 atom stereocenters. The van der Waals surface area contributed by atoms with E-state index in [0.717, 1.165) is 6.26 Å². The third kappa shape index (κ3) is 220. The lowest BCUT2D eigenvalue weighted by Crippen LogP contribution is -1.87. The third-order valence-corrected chi connectivity index (χ3v) is 0.249. The van der Waals surface area contributed by atoms with Gasteiger partial charge in [-0.3, -0.25) is 4.79 Å². The molecule has 8 heteroatoms. The lowest BCUT2D eigenvalue weighted by atomic mass is 10.8. The molecule has 14 heavy (non-hydrogen) atoms. The Kier molecular flexibility index (Phi) is 16.8. The standard InChI is InChI=1S/C4H6O2.C2H3Cl.H3O4P/c1-3-6-4(2)5;1-2-3;1-5(2,3)4/h3H,1H2,2H3;2H,1H2;(H3,1,2,3,4). The normalized spacial score (nSPS) is 8.07. The van der Waals surface area contributed by atoms with Crippen molar-refractivity contribution in [1.82, 2.24) is 0 Å². The Labute approximate surface area is 86.7 Å². The maximum atomic E-state index is 9.75. The minimum absolute atomic E-state index is 0.329. The first-order valence-corrected chi connectivity index (χ1v) is 4.96. The van der Waals surface area contributed by atoms with Gasteiger partial charge < -0.3 is 19.4 Å². The molecule has 0 bridgehead atoms. The minimum Gasteiger partial charge on any atom is -0.435 e. The van der Waals surface area contributed by atoms with Gasteiger partial charge in [0.1, 0.15) is 0 Å². The van der Waals surface area contributed by atoms with Gasteiger partial charge in [-0.1, -0.05) is 24.8 Å². The molecule has 84 valence electrons. The number of esters is 1. The number of phosphoric acid groups is 1. The topological polar surface area (TPSA) is 104 Å². The molecule has 3 N–H and O–H groups in total. The first-order chi connectivity index (χ1) is 6.18. The number of carbonyl (C=O) groups excluding carboxylic acids is 1. The van der Waals surface area contributed by atoms with Crippen LogP contribution < -0.4 is 0 Å². The second-order valence-electron chi connectivity index (χ2n) is 1.44. The van der Waals surface area contributed by atoms with Gasteiger partial charge in [0, 0.05) is 6.92 Å². The van der Waals surface area contributed by atoms with Crippen molar-refractivity contribution in [3.63, 3.8) is 0 Å². The largest absolute Gasteiger partial charge is 0.466 e. The summed E-state index contributed by atoms with van der Waals surface area (Å²) in [6.45, 7) is 7.61. The zero-order chi connectivity index (χ0) is 12.2. The van der Waals surface area contributed by atoms with Crippen LogP contribution in [0.3, 0.4) is 0 Å². The number of carbonyl (C=O) groups is 1. The maximum Gasteiger partial charge on any atom is 0.466 e. The van der Waals surface area contributed by atoms with Crippen molar-refractivity contribution in [1.29, 1.82) is 0 Å². The van der Waals surface area contributed by atoms with Crippen molar-refractivity contribution in [2.75, 3.05) is 0 Å². The molecule has 0 saturated heterocycles. The van der Waals surface area contributed by atoms with E-state index in [1.165, 1.54) is 12.5 Å². The van der Waals surface area contributed by atoms with E-state index in [0.29, 0.717) is 0 Å². The van der Waals surface area contributed by atoms with Crippen LogP contribution in [0.4, 0.5) is 0 Å². The highest BCUT2D eigenvalue weighted by molar-refractivity contribution is 7.45. The molecule has 0 saturated carbocycles. The van der Waals surface area contributed by atoms with Gasteiger partial charge in [-0.25, -0.2) is 4.57 Å². The highest BCUT2D eigenvalue weighted by Gasteiger charge is 2.00. The van der Waals surface area contributed by atoms with Crippen LogP contribution in [-0.2, 0) is 14.1 Å². The summed E-state index contributed by atoms with van der Waals surface area (Å²) in [5, 5.41) is 0. The number of halogens is 1. The molecule has 0 unspecified atom stereocenters. The average Bonchev–Trinajstić information content (AvgIpc) is 1.83. The van der Waals surface area contributed by atoms with Gasteiger partial charge in [-0.05, 0) is 5.54 Å². The first-order valence-electron chi connectivity index (χ1n) is 2.96. The fourth-order valence-corrected chi connectivity index (χ4v) is 0.117. The first kappa shape index (κ1) is 19.0. The molecule has 0 heterocycles. The summed E-state index contributed by atoms with van der Waals surface area (Å²) in [5.41, 5.74) is 1.22. The van der Waals surface area contributed by atoms with E-state index < -0.39 is 7.82 Å². The van der Waals surface area contributed by atoms with Crippen LogP contribution >= 0.6 is 19.4 Å². The fourth-order valence-electron chi connectivity index (χ4n) is 0.117. The summed E-state index contributed by atoms with van der Waals surface area (Å²) in [7, 11) is -4.64. The molecular formula is C6H12ClO6P. The molecule has 0 aliphatic carbocycles. The van der Waals surface area contributed by atoms with E-state index in [9.17, 15) is 4.79 Å². The van der Waals surface area contributed by atoms with Gasteiger partial charge in [0.2, 0.25) is 0 Å². The van der Waals surface area contributed by atoms with E-state index in [1.54, 1.807) is 0 Å². The average molecular weight is 247 g/mol. The van der Waals surface area contributed by atoms with Gasteiger partial charge >= 0.3 is 13.8 Å². The highest BCUT2D eigenvalue weighted by atomic mass is 35.5. The number of hydrogen-bond acceptors (Lipinski definition) is 3. The molecule has 0 aromatic rings. The van der Waals surface area contributed by atoms with E-state index >= 15 is 0 Å². The van der Waals surface area contributed by atoms with Crippen LogP contribution in [-0.4, -0.2) is 20.6 Å². The summed E-state index contributed by atoms with van der Waals surface area (Å²) in [6, 6.07) is 0. The summed E-state index contributed by atoms with van der Waals surface area (Å²) < 4.78 is 13.0. The Balaban J connectivity index is -0.000000138. The van der Waals surface area contributed by atoms with E-state index in [1.807, 2.05) is 0 Å². The maximum absolute atomic E-state index is 9.75. The Morgan fingerprint density at radius 1 is 1.43 bits per heavy atom. The molecule has 0 radical (unpaired) electrons. The second-order valence-corrected chi connectivity index (χ2v) is 2.78. The minimum atomic E-state index is -4.64. The zero-order valence-corrected chi connectivity index (χ0v) is 9.11. The van der Waals surface area contributed by atoms with Crippen molar-refractivity contribution in [2.24, 2.45) is 0 Å². The lowest BCUT2D eigenvalue weighted by molar-refractivity contribution is -0.135. The van der Waals surface area contributed by atoms with Crippen molar-refractivity contribution in [2.45, 2.75) is 6.92 Å². The van der Waals surface area contributed by atoms with Crippen LogP contribution in [0.2, 0.25) is 0 Å². The molecule has 0 rings (SSSR count). The summed E-state index contributed by atoms with van der Waals surface area (Å²) >= 11 is 4.76. The second kappa shape index (κ2) is 12.3. The molecule has 6 nitrogen and oxygen atoms in total. The van der Waals surface area contributed by atoms with Gasteiger partial charge in [0.05, 0.1) is 6.26 Å². The smallest absolute Gasteiger partial charge is 0.435 e. The molecule has 0 aliphatic rings. The Morgan fingerprint density at radius 2 is 1.64 bits per heavy atom. The van der Waals surface area contributed by atoms with Crippen LogP contribution in [0, 0.1) is 0 Å². The third-order valence-electron chi connectivity index (χ3n) is 0.249. The van der Waals surface area contributed by atoms with Crippen molar-refractivity contribution < 1.29 is 28.8 Å². The van der Waals surface area contributed by atoms with E-state index in [-0.39, 0.29) is 5.97 Å². The Bertz CT molecular complexity index is 202. The Morgan fingerprint density at radius 3 is 1.64 bits per heavy atom. The molecule has 0 amide bonds. The van der Waals surface area contributed by atoms with Gasteiger partial charge in [-0.15, -0.1) is 0 Å². The summed E-state index contributed by atoms with van der Waals surface area (Å²) in [4.78, 5) is 31.3. The van der Waals surface area contributed by atoms with Crippen molar-refractivity contribution >= 4 is 25.4 Å². The van der Waals surface area contributed by atoms with Gasteiger partial charge in [0.25, 0.3) is 0 Å². The SMILES string of the molecule is C=CCl.C=COC(C)=O.O=P(O)(O)O. The quantitative estimate of drug-likeness (QED) is 0.364. The van der Waals surface area contributed by atoms with Crippen LogP contribution in [0.25, 0.3) is 0 Å². The number of rotatable bonds is 1. The van der Waals surface area contributed by atoms with Crippen LogP contribution in [0.5, 0.6) is 0 Å². The number of hydrogen-bond donors (Lipinski definition) is 3.